The maximum absolute atomic E-state index is 8.92. The van der Waals surface area contributed by atoms with Gasteiger partial charge in [0.15, 0.2) is 5.60 Å². The van der Waals surface area contributed by atoms with Gasteiger partial charge in [-0.1, -0.05) is 28.1 Å². The summed E-state index contributed by atoms with van der Waals surface area (Å²) in [6.07, 6.45) is 0.604. The molecule has 0 saturated carbocycles. The Balaban J connectivity index is 2.79. The molecule has 14 heavy (non-hydrogen) atoms. The topological polar surface area (TPSA) is 33.0 Å². The van der Waals surface area contributed by atoms with E-state index in [0.717, 1.165) is 10.0 Å². The summed E-state index contributed by atoms with van der Waals surface area (Å²) in [5.74, 6) is 0. The van der Waals surface area contributed by atoms with Crippen molar-refractivity contribution >= 4 is 15.9 Å². The van der Waals surface area contributed by atoms with E-state index in [2.05, 4.69) is 22.0 Å². The van der Waals surface area contributed by atoms with Gasteiger partial charge in [-0.3, -0.25) is 0 Å². The average Bonchev–Trinajstić information content (AvgIpc) is 2.21. The summed E-state index contributed by atoms with van der Waals surface area (Å²) in [5.41, 5.74) is 0.368. The van der Waals surface area contributed by atoms with Gasteiger partial charge in [0.1, 0.15) is 0 Å². The van der Waals surface area contributed by atoms with E-state index in [1.165, 1.54) is 0 Å². The number of benzene rings is 1. The number of hydrogen-bond donors (Lipinski definition) is 0. The molecule has 0 N–H and O–H groups in total. The molecule has 0 fully saturated rings. The molecule has 1 atom stereocenters. The Kier molecular flexibility index (Phi) is 3.68. The molecule has 3 heteroatoms. The molecular formula is C11H12BrNO. The first-order valence-corrected chi connectivity index (χ1v) is 5.10. The van der Waals surface area contributed by atoms with Gasteiger partial charge < -0.3 is 4.74 Å². The van der Waals surface area contributed by atoms with Crippen LogP contribution >= 0.6 is 15.9 Å². The summed E-state index contributed by atoms with van der Waals surface area (Å²) in [7, 11) is 1.56. The van der Waals surface area contributed by atoms with Crippen molar-refractivity contribution < 1.29 is 4.74 Å². The maximum Gasteiger partial charge on any atom is 0.155 e. The monoisotopic (exact) mass is 253 g/mol. The van der Waals surface area contributed by atoms with Crippen molar-refractivity contribution in [2.45, 2.75) is 18.9 Å². The highest BCUT2D eigenvalue weighted by molar-refractivity contribution is 9.10. The smallest absolute Gasteiger partial charge is 0.155 e. The summed E-state index contributed by atoms with van der Waals surface area (Å²) in [6, 6.07) is 10.0. The molecule has 0 aromatic heterocycles. The van der Waals surface area contributed by atoms with Gasteiger partial charge in [-0.05, 0) is 24.6 Å². The Labute approximate surface area is 92.6 Å². The zero-order valence-electron chi connectivity index (χ0n) is 8.25. The lowest BCUT2D eigenvalue weighted by Gasteiger charge is -2.19. The molecule has 1 aromatic rings. The normalized spacial score (nSPS) is 14.4. The van der Waals surface area contributed by atoms with E-state index in [1.54, 1.807) is 14.0 Å². The standard InChI is InChI=1S/C11H12BrNO/c1-11(8-13,14-2)7-9-3-5-10(12)6-4-9/h3-6H,7H2,1-2H3. The fourth-order valence-electron chi connectivity index (χ4n) is 1.15. The number of methoxy groups -OCH3 is 1. The fraction of sp³-hybridized carbons (Fsp3) is 0.364. The summed E-state index contributed by atoms with van der Waals surface area (Å²) in [5, 5.41) is 8.92. The predicted octanol–water partition coefficient (Wildman–Crippen LogP) is 2.92. The third-order valence-corrected chi connectivity index (χ3v) is 2.67. The summed E-state index contributed by atoms with van der Waals surface area (Å²) in [4.78, 5) is 0. The van der Waals surface area contributed by atoms with Gasteiger partial charge in [0.2, 0.25) is 0 Å². The van der Waals surface area contributed by atoms with Crippen LogP contribution in [0.25, 0.3) is 0 Å². The first-order valence-electron chi connectivity index (χ1n) is 4.30. The highest BCUT2D eigenvalue weighted by Gasteiger charge is 2.22. The molecule has 0 aliphatic heterocycles. The SMILES string of the molecule is COC(C)(C#N)Cc1ccc(Br)cc1. The van der Waals surface area contributed by atoms with Gasteiger partial charge in [0.05, 0.1) is 6.07 Å². The van der Waals surface area contributed by atoms with Crippen molar-refractivity contribution in [3.8, 4) is 6.07 Å². The third-order valence-electron chi connectivity index (χ3n) is 2.14. The Bertz CT molecular complexity index is 341. The molecule has 0 aliphatic rings. The summed E-state index contributed by atoms with van der Waals surface area (Å²) in [6.45, 7) is 1.79. The van der Waals surface area contributed by atoms with Crippen LogP contribution in [0.15, 0.2) is 28.7 Å². The second kappa shape index (κ2) is 4.59. The van der Waals surface area contributed by atoms with Crippen molar-refractivity contribution in [2.75, 3.05) is 7.11 Å². The van der Waals surface area contributed by atoms with E-state index in [-0.39, 0.29) is 0 Å². The van der Waals surface area contributed by atoms with E-state index in [0.29, 0.717) is 6.42 Å². The molecule has 0 aliphatic carbocycles. The summed E-state index contributed by atoms with van der Waals surface area (Å²) < 4.78 is 6.19. The van der Waals surface area contributed by atoms with E-state index >= 15 is 0 Å². The van der Waals surface area contributed by atoms with Crippen LogP contribution in [0.1, 0.15) is 12.5 Å². The van der Waals surface area contributed by atoms with Crippen molar-refractivity contribution in [2.24, 2.45) is 0 Å². The minimum absolute atomic E-state index is 0.604. The summed E-state index contributed by atoms with van der Waals surface area (Å²) >= 11 is 3.36. The molecule has 0 radical (unpaired) electrons. The molecule has 0 spiro atoms. The van der Waals surface area contributed by atoms with E-state index in [4.69, 9.17) is 10.00 Å². The molecule has 74 valence electrons. The Morgan fingerprint density at radius 2 is 2.00 bits per heavy atom. The number of halogens is 1. The first-order chi connectivity index (χ1) is 6.59. The van der Waals surface area contributed by atoms with Gasteiger partial charge in [-0.2, -0.15) is 5.26 Å². The van der Waals surface area contributed by atoms with Gasteiger partial charge in [-0.15, -0.1) is 0 Å². The number of rotatable bonds is 3. The van der Waals surface area contributed by atoms with Gasteiger partial charge in [0, 0.05) is 18.0 Å². The quantitative estimate of drug-likeness (QED) is 0.830. The second-order valence-electron chi connectivity index (χ2n) is 3.35. The van der Waals surface area contributed by atoms with Crippen LogP contribution in [0.4, 0.5) is 0 Å². The van der Waals surface area contributed by atoms with Crippen LogP contribution in [0.5, 0.6) is 0 Å². The molecule has 1 rings (SSSR count). The zero-order valence-corrected chi connectivity index (χ0v) is 9.84. The molecular weight excluding hydrogens is 242 g/mol. The lowest BCUT2D eigenvalue weighted by Crippen LogP contribution is -2.27. The minimum Gasteiger partial charge on any atom is -0.363 e. The van der Waals surface area contributed by atoms with Gasteiger partial charge >= 0.3 is 0 Å². The molecule has 1 aromatic carbocycles. The Morgan fingerprint density at radius 1 is 1.43 bits per heavy atom. The van der Waals surface area contributed by atoms with Crippen molar-refractivity contribution in [1.82, 2.24) is 0 Å². The van der Waals surface area contributed by atoms with E-state index < -0.39 is 5.60 Å². The number of hydrogen-bond acceptors (Lipinski definition) is 2. The van der Waals surface area contributed by atoms with Crippen LogP contribution in [0.3, 0.4) is 0 Å². The molecule has 1 unspecified atom stereocenters. The van der Waals surface area contributed by atoms with Crippen LogP contribution in [0, 0.1) is 11.3 Å². The zero-order chi connectivity index (χ0) is 10.6. The number of ether oxygens (including phenoxy) is 1. The third kappa shape index (κ3) is 2.83. The second-order valence-corrected chi connectivity index (χ2v) is 4.27. The van der Waals surface area contributed by atoms with Crippen molar-refractivity contribution in [3.05, 3.63) is 34.3 Å². The molecule has 0 saturated heterocycles. The Hall–Kier alpha value is -0.850. The number of nitriles is 1. The van der Waals surface area contributed by atoms with E-state index in [9.17, 15) is 0 Å². The first kappa shape index (κ1) is 11.2. The van der Waals surface area contributed by atoms with Crippen LogP contribution in [0.2, 0.25) is 0 Å². The average molecular weight is 254 g/mol. The van der Waals surface area contributed by atoms with Gasteiger partial charge in [0.25, 0.3) is 0 Å². The van der Waals surface area contributed by atoms with Crippen LogP contribution < -0.4 is 0 Å². The highest BCUT2D eigenvalue weighted by Crippen LogP contribution is 2.18. The molecule has 0 bridgehead atoms. The molecule has 0 heterocycles. The van der Waals surface area contributed by atoms with Gasteiger partial charge in [-0.25, -0.2) is 0 Å². The van der Waals surface area contributed by atoms with Crippen LogP contribution in [-0.4, -0.2) is 12.7 Å². The fourth-order valence-corrected chi connectivity index (χ4v) is 1.41. The minimum atomic E-state index is -0.728. The lowest BCUT2D eigenvalue weighted by molar-refractivity contribution is 0.0559. The Morgan fingerprint density at radius 3 is 2.43 bits per heavy atom. The molecule has 0 amide bonds. The highest BCUT2D eigenvalue weighted by atomic mass is 79.9. The largest absolute Gasteiger partial charge is 0.363 e. The van der Waals surface area contributed by atoms with Crippen molar-refractivity contribution in [3.63, 3.8) is 0 Å². The van der Waals surface area contributed by atoms with Crippen LogP contribution in [-0.2, 0) is 11.2 Å². The number of nitrogens with zero attached hydrogens (tertiary/aromatic N) is 1. The van der Waals surface area contributed by atoms with E-state index in [1.807, 2.05) is 24.3 Å². The lowest BCUT2D eigenvalue weighted by atomic mass is 9.98. The maximum atomic E-state index is 8.92. The molecule has 2 nitrogen and oxygen atoms in total. The van der Waals surface area contributed by atoms with Crippen molar-refractivity contribution in [1.29, 1.82) is 5.26 Å². The predicted molar refractivity (Wildman–Crippen MR) is 58.9 cm³/mol.